The van der Waals surface area contributed by atoms with Crippen LogP contribution in [0.25, 0.3) is 22.0 Å². The van der Waals surface area contributed by atoms with Crippen LogP contribution in [0.1, 0.15) is 42.5 Å². The van der Waals surface area contributed by atoms with Crippen molar-refractivity contribution in [3.63, 3.8) is 0 Å². The van der Waals surface area contributed by atoms with Gasteiger partial charge in [0.15, 0.2) is 9.84 Å². The van der Waals surface area contributed by atoms with Crippen molar-refractivity contribution in [1.82, 2.24) is 14.8 Å². The molecule has 1 atom stereocenters. The van der Waals surface area contributed by atoms with E-state index in [1.807, 2.05) is 0 Å². The summed E-state index contributed by atoms with van der Waals surface area (Å²) in [6, 6.07) is 9.37. The van der Waals surface area contributed by atoms with Crippen molar-refractivity contribution in [2.75, 3.05) is 13.4 Å². The highest BCUT2D eigenvalue weighted by Crippen LogP contribution is 2.39. The number of sulfone groups is 1. The van der Waals surface area contributed by atoms with E-state index in [-0.39, 0.29) is 12.2 Å². The van der Waals surface area contributed by atoms with Gasteiger partial charge in [-0.25, -0.2) is 22.2 Å². The van der Waals surface area contributed by atoms with Gasteiger partial charge in [0.1, 0.15) is 28.7 Å². The number of pyridine rings is 1. The van der Waals surface area contributed by atoms with E-state index in [1.54, 1.807) is 49.8 Å². The Labute approximate surface area is 231 Å². The number of nitrogens with zero attached hydrogens (tertiary/aromatic N) is 3. The first-order valence-corrected chi connectivity index (χ1v) is 14.4. The summed E-state index contributed by atoms with van der Waals surface area (Å²) >= 11 is 0. The summed E-state index contributed by atoms with van der Waals surface area (Å²) in [5, 5.41) is 15.1. The highest BCUT2D eigenvalue weighted by Gasteiger charge is 2.24. The average Bonchev–Trinajstić information content (AvgIpc) is 3.15. The first-order chi connectivity index (χ1) is 18.6. The largest absolute Gasteiger partial charge is 0.496 e. The van der Waals surface area contributed by atoms with Crippen LogP contribution in [0.4, 0.5) is 8.78 Å². The van der Waals surface area contributed by atoms with Crippen LogP contribution >= 0.6 is 0 Å². The minimum atomic E-state index is -3.41. The van der Waals surface area contributed by atoms with Gasteiger partial charge in [-0.1, -0.05) is 5.92 Å². The van der Waals surface area contributed by atoms with Gasteiger partial charge in [0.05, 0.1) is 41.2 Å². The molecule has 2 aromatic heterocycles. The van der Waals surface area contributed by atoms with Crippen LogP contribution in [0.5, 0.6) is 5.75 Å². The molecular formula is C29H30F2N4O4S. The smallest absolute Gasteiger partial charge is 0.153 e. The van der Waals surface area contributed by atoms with E-state index in [0.717, 1.165) is 12.3 Å². The van der Waals surface area contributed by atoms with Crippen LogP contribution in [-0.2, 0) is 29.1 Å². The van der Waals surface area contributed by atoms with Gasteiger partial charge in [-0.3, -0.25) is 4.68 Å². The van der Waals surface area contributed by atoms with Crippen LogP contribution < -0.4 is 10.5 Å². The Morgan fingerprint density at radius 1 is 1.12 bits per heavy atom. The summed E-state index contributed by atoms with van der Waals surface area (Å²) in [5.74, 6) is 4.30. The van der Waals surface area contributed by atoms with Crippen LogP contribution in [0.15, 0.2) is 42.5 Å². The molecule has 0 amide bonds. The quantitative estimate of drug-likeness (QED) is 0.325. The zero-order valence-corrected chi connectivity index (χ0v) is 23.6. The number of methoxy groups -OCH3 is 1. The van der Waals surface area contributed by atoms with Gasteiger partial charge in [-0.05, 0) is 68.2 Å². The maximum absolute atomic E-state index is 13.9. The number of rotatable bonds is 7. The summed E-state index contributed by atoms with van der Waals surface area (Å²) in [7, 11) is -0.220. The van der Waals surface area contributed by atoms with Crippen molar-refractivity contribution in [3.05, 3.63) is 76.7 Å². The first kappa shape index (κ1) is 29.1. The van der Waals surface area contributed by atoms with Crippen molar-refractivity contribution < 1.29 is 27.0 Å². The summed E-state index contributed by atoms with van der Waals surface area (Å²) in [4.78, 5) is 4.68. The van der Waals surface area contributed by atoms with Crippen molar-refractivity contribution >= 4 is 20.7 Å². The molecular weight excluding hydrogens is 538 g/mol. The molecule has 0 saturated heterocycles. The molecule has 0 aliphatic heterocycles. The van der Waals surface area contributed by atoms with E-state index in [9.17, 15) is 22.3 Å². The zero-order valence-electron chi connectivity index (χ0n) is 22.8. The molecule has 40 heavy (non-hydrogen) atoms. The Morgan fingerprint density at radius 2 is 1.77 bits per heavy atom. The molecule has 0 spiro atoms. The second-order valence-electron chi connectivity index (χ2n) is 10.2. The number of ether oxygens (including phenoxy) is 1. The summed E-state index contributed by atoms with van der Waals surface area (Å²) in [5.41, 5.74) is 8.62. The molecule has 4 aromatic rings. The molecule has 0 bridgehead atoms. The van der Waals surface area contributed by atoms with Gasteiger partial charge >= 0.3 is 0 Å². The molecule has 0 unspecified atom stereocenters. The summed E-state index contributed by atoms with van der Waals surface area (Å²) in [6.45, 7) is 3.09. The predicted molar refractivity (Wildman–Crippen MR) is 149 cm³/mol. The van der Waals surface area contributed by atoms with Crippen LogP contribution in [0.3, 0.4) is 0 Å². The zero-order chi connectivity index (χ0) is 29.4. The molecule has 0 aliphatic rings. The Morgan fingerprint density at radius 3 is 2.38 bits per heavy atom. The minimum absolute atomic E-state index is 0.0705. The molecule has 3 N–H and O–H groups in total. The van der Waals surface area contributed by atoms with Crippen molar-refractivity contribution in [2.45, 2.75) is 37.7 Å². The van der Waals surface area contributed by atoms with Gasteiger partial charge in [0.25, 0.3) is 0 Å². The highest BCUT2D eigenvalue weighted by atomic mass is 32.2. The number of hydrogen-bond donors (Lipinski definition) is 2. The van der Waals surface area contributed by atoms with E-state index in [2.05, 4.69) is 21.9 Å². The first-order valence-electron chi connectivity index (χ1n) is 12.3. The third kappa shape index (κ3) is 6.65. The molecule has 2 aromatic carbocycles. The Hall–Kier alpha value is -3.85. The molecule has 0 fully saturated rings. The SMILES string of the molecule is COc1ccc(-c2ccc(C#CC(C)(C)O)nc2[C@@H](N)Cc2cc(F)cc(F)c2)c2c1c(CS(C)(=O)=O)nn2C. The van der Waals surface area contributed by atoms with Gasteiger partial charge in [0, 0.05) is 30.5 Å². The second-order valence-corrected chi connectivity index (χ2v) is 12.3. The fraction of sp³-hybridized carbons (Fsp3) is 0.310. The normalized spacial score (nSPS) is 12.7. The van der Waals surface area contributed by atoms with Crippen LogP contribution in [0.2, 0.25) is 0 Å². The molecule has 0 radical (unpaired) electrons. The predicted octanol–water partition coefficient (Wildman–Crippen LogP) is 3.83. The number of benzene rings is 2. The van der Waals surface area contributed by atoms with E-state index in [0.29, 0.717) is 50.4 Å². The van der Waals surface area contributed by atoms with E-state index < -0.39 is 33.1 Å². The molecule has 11 heteroatoms. The average molecular weight is 569 g/mol. The monoisotopic (exact) mass is 568 g/mol. The second kappa shape index (κ2) is 11.0. The Balaban J connectivity index is 1.95. The van der Waals surface area contributed by atoms with Gasteiger partial charge < -0.3 is 15.6 Å². The fourth-order valence-electron chi connectivity index (χ4n) is 4.56. The lowest BCUT2D eigenvalue weighted by Crippen LogP contribution is -2.17. The molecule has 0 aliphatic carbocycles. The third-order valence-electron chi connectivity index (χ3n) is 6.08. The lowest BCUT2D eigenvalue weighted by atomic mass is 9.94. The van der Waals surface area contributed by atoms with Crippen molar-refractivity contribution in [2.24, 2.45) is 12.8 Å². The van der Waals surface area contributed by atoms with E-state index in [1.165, 1.54) is 19.2 Å². The highest BCUT2D eigenvalue weighted by molar-refractivity contribution is 7.89. The maximum atomic E-state index is 13.9. The number of aliphatic hydroxyl groups is 1. The van der Waals surface area contributed by atoms with Gasteiger partial charge in [-0.15, -0.1) is 0 Å². The van der Waals surface area contributed by atoms with Crippen molar-refractivity contribution in [1.29, 1.82) is 0 Å². The summed E-state index contributed by atoms with van der Waals surface area (Å²) in [6.07, 6.45) is 1.20. The number of aromatic nitrogens is 3. The maximum Gasteiger partial charge on any atom is 0.153 e. The van der Waals surface area contributed by atoms with E-state index >= 15 is 0 Å². The standard InChI is InChI=1S/C29H30F2N4O4S/c1-29(2,36)11-10-20-6-7-21(27(33-20)23(32)14-17-12-18(30)15-19(31)13-17)22-8-9-25(39-4)26-24(16-40(5,37)38)34-35(3)28(22)26/h6-9,12-13,15,23,36H,14,16,32H2,1-5H3/t23-/m0/s1. The molecule has 8 nitrogen and oxygen atoms in total. The molecule has 2 heterocycles. The number of aryl methyl sites for hydroxylation is 1. The Kier molecular flexibility index (Phi) is 7.99. The van der Waals surface area contributed by atoms with E-state index in [4.69, 9.17) is 10.5 Å². The van der Waals surface area contributed by atoms with Crippen LogP contribution in [0, 0.1) is 23.5 Å². The fourth-order valence-corrected chi connectivity index (χ4v) is 5.26. The molecule has 210 valence electrons. The number of fused-ring (bicyclic) bond motifs is 1. The number of halogens is 2. The molecule has 0 saturated carbocycles. The number of hydrogen-bond acceptors (Lipinski definition) is 7. The summed E-state index contributed by atoms with van der Waals surface area (Å²) < 4.78 is 59.2. The van der Waals surface area contributed by atoms with Gasteiger partial charge in [-0.2, -0.15) is 5.10 Å². The lowest BCUT2D eigenvalue weighted by Gasteiger charge is -2.18. The van der Waals surface area contributed by atoms with Gasteiger partial charge in [0.2, 0.25) is 0 Å². The number of nitrogens with two attached hydrogens (primary N) is 1. The topological polar surface area (TPSA) is 120 Å². The van der Waals surface area contributed by atoms with Crippen LogP contribution in [-0.4, -0.2) is 47.3 Å². The lowest BCUT2D eigenvalue weighted by molar-refractivity contribution is 0.143. The minimum Gasteiger partial charge on any atom is -0.496 e. The molecule has 4 rings (SSSR count). The van der Waals surface area contributed by atoms with Crippen molar-refractivity contribution in [3.8, 4) is 28.7 Å². The Bertz CT molecular complexity index is 1750. The third-order valence-corrected chi connectivity index (χ3v) is 6.88.